The van der Waals surface area contributed by atoms with Crippen molar-refractivity contribution in [3.05, 3.63) is 62.2 Å². The Morgan fingerprint density at radius 1 is 1.22 bits per heavy atom. The fourth-order valence-electron chi connectivity index (χ4n) is 2.56. The summed E-state index contributed by atoms with van der Waals surface area (Å²) in [5, 5.41) is 20.5. The predicted octanol–water partition coefficient (Wildman–Crippen LogP) is 5.00. The first-order valence-corrected chi connectivity index (χ1v) is 9.12. The first-order valence-electron chi connectivity index (χ1n) is 8.74. The SMILES string of the molecule is CN(C)C(=O)OCCc1cc(Oc2ccc(C(F)(F)F)cc2Cl)cc(C(=O)O)c1[N+](=O)[O-]. The summed E-state index contributed by atoms with van der Waals surface area (Å²) in [7, 11) is 2.85. The highest BCUT2D eigenvalue weighted by molar-refractivity contribution is 6.32. The number of amides is 1. The topological polar surface area (TPSA) is 119 Å². The Kier molecular flexibility index (Phi) is 7.52. The third-order valence-electron chi connectivity index (χ3n) is 4.02. The zero-order chi connectivity index (χ0) is 24.2. The second-order valence-electron chi connectivity index (χ2n) is 6.54. The summed E-state index contributed by atoms with van der Waals surface area (Å²) < 4.78 is 48.7. The van der Waals surface area contributed by atoms with Crippen molar-refractivity contribution < 1.29 is 42.3 Å². The molecule has 0 saturated heterocycles. The molecular weight excluding hydrogens is 461 g/mol. The van der Waals surface area contributed by atoms with E-state index in [4.69, 9.17) is 21.1 Å². The number of halogens is 4. The minimum Gasteiger partial charge on any atom is -0.477 e. The van der Waals surface area contributed by atoms with E-state index < -0.39 is 45.0 Å². The fraction of sp³-hybridized carbons (Fsp3) is 0.263. The van der Waals surface area contributed by atoms with E-state index in [-0.39, 0.29) is 30.1 Å². The summed E-state index contributed by atoms with van der Waals surface area (Å²) >= 11 is 5.85. The van der Waals surface area contributed by atoms with E-state index in [1.807, 2.05) is 0 Å². The highest BCUT2D eigenvalue weighted by Gasteiger charge is 2.31. The number of benzene rings is 2. The van der Waals surface area contributed by atoms with Crippen molar-refractivity contribution in [2.75, 3.05) is 20.7 Å². The molecule has 172 valence electrons. The first kappa shape index (κ1) is 24.7. The molecule has 1 amide bonds. The molecule has 0 unspecified atom stereocenters. The summed E-state index contributed by atoms with van der Waals surface area (Å²) in [5.74, 6) is -2.08. The van der Waals surface area contributed by atoms with Crippen LogP contribution in [0.4, 0.5) is 23.7 Å². The number of alkyl halides is 3. The van der Waals surface area contributed by atoms with Crippen LogP contribution in [-0.4, -0.2) is 47.7 Å². The molecule has 0 spiro atoms. The molecule has 13 heteroatoms. The van der Waals surface area contributed by atoms with Crippen molar-refractivity contribution in [3.63, 3.8) is 0 Å². The molecule has 0 aromatic heterocycles. The van der Waals surface area contributed by atoms with Gasteiger partial charge in [-0.25, -0.2) is 9.59 Å². The van der Waals surface area contributed by atoms with Crippen LogP contribution in [0, 0.1) is 10.1 Å². The van der Waals surface area contributed by atoms with Gasteiger partial charge in [-0.05, 0) is 24.3 Å². The minimum atomic E-state index is -4.64. The average molecular weight is 477 g/mol. The van der Waals surface area contributed by atoms with Crippen molar-refractivity contribution in [3.8, 4) is 11.5 Å². The van der Waals surface area contributed by atoms with E-state index in [0.29, 0.717) is 12.1 Å². The van der Waals surface area contributed by atoms with Gasteiger partial charge in [0, 0.05) is 32.1 Å². The Balaban J connectivity index is 2.43. The number of carbonyl (C=O) groups is 2. The number of carboxylic acids is 1. The second kappa shape index (κ2) is 9.73. The zero-order valence-electron chi connectivity index (χ0n) is 16.6. The fourth-order valence-corrected chi connectivity index (χ4v) is 2.78. The number of nitrogens with zero attached hydrogens (tertiary/aromatic N) is 2. The highest BCUT2D eigenvalue weighted by Crippen LogP contribution is 2.38. The molecule has 2 rings (SSSR count). The summed E-state index contributed by atoms with van der Waals surface area (Å²) in [6.07, 6.45) is -5.58. The van der Waals surface area contributed by atoms with E-state index in [2.05, 4.69) is 0 Å². The van der Waals surface area contributed by atoms with Gasteiger partial charge in [-0.15, -0.1) is 0 Å². The Labute approximate surface area is 184 Å². The van der Waals surface area contributed by atoms with Crippen molar-refractivity contribution in [1.29, 1.82) is 0 Å². The molecule has 0 bridgehead atoms. The lowest BCUT2D eigenvalue weighted by Crippen LogP contribution is -2.23. The van der Waals surface area contributed by atoms with Crippen LogP contribution < -0.4 is 4.74 Å². The Bertz CT molecular complexity index is 1060. The van der Waals surface area contributed by atoms with Gasteiger partial charge in [-0.1, -0.05) is 11.6 Å². The van der Waals surface area contributed by atoms with Crippen LogP contribution in [0.1, 0.15) is 21.5 Å². The van der Waals surface area contributed by atoms with Gasteiger partial charge in [0.05, 0.1) is 22.1 Å². The third-order valence-corrected chi connectivity index (χ3v) is 4.32. The van der Waals surface area contributed by atoms with Crippen LogP contribution >= 0.6 is 11.6 Å². The molecule has 0 heterocycles. The predicted molar refractivity (Wildman–Crippen MR) is 105 cm³/mol. The monoisotopic (exact) mass is 476 g/mol. The smallest absolute Gasteiger partial charge is 0.416 e. The molecule has 2 aromatic carbocycles. The Morgan fingerprint density at radius 2 is 1.88 bits per heavy atom. The van der Waals surface area contributed by atoms with Gasteiger partial charge in [0.1, 0.15) is 17.1 Å². The number of hydrogen-bond donors (Lipinski definition) is 1. The lowest BCUT2D eigenvalue weighted by molar-refractivity contribution is -0.385. The standard InChI is InChI=1S/C19H16ClF3N2O7/c1-24(2)18(28)31-6-5-10-7-12(9-13(17(26)27)16(10)25(29)30)32-15-4-3-11(8-14(15)20)19(21,22)23/h3-4,7-9H,5-6H2,1-2H3,(H,26,27). The third kappa shape index (κ3) is 6.00. The van der Waals surface area contributed by atoms with Gasteiger partial charge in [0.15, 0.2) is 0 Å². The molecule has 9 nitrogen and oxygen atoms in total. The maximum Gasteiger partial charge on any atom is 0.416 e. The molecule has 0 aliphatic carbocycles. The number of carboxylic acid groups (broad SMARTS) is 1. The van der Waals surface area contributed by atoms with Crippen LogP contribution in [0.3, 0.4) is 0 Å². The Morgan fingerprint density at radius 3 is 2.38 bits per heavy atom. The lowest BCUT2D eigenvalue weighted by atomic mass is 10.0. The normalized spacial score (nSPS) is 11.1. The lowest BCUT2D eigenvalue weighted by Gasteiger charge is -2.14. The van der Waals surface area contributed by atoms with Crippen molar-refractivity contribution in [2.24, 2.45) is 0 Å². The van der Waals surface area contributed by atoms with Crippen molar-refractivity contribution in [2.45, 2.75) is 12.6 Å². The first-order chi connectivity index (χ1) is 14.8. The van der Waals surface area contributed by atoms with Crippen LogP contribution in [0.15, 0.2) is 30.3 Å². The molecule has 1 N–H and O–H groups in total. The number of carbonyl (C=O) groups excluding carboxylic acids is 1. The molecule has 0 saturated carbocycles. The van der Waals surface area contributed by atoms with Gasteiger partial charge in [0.25, 0.3) is 5.69 Å². The van der Waals surface area contributed by atoms with E-state index in [1.165, 1.54) is 14.1 Å². The van der Waals surface area contributed by atoms with Gasteiger partial charge in [-0.3, -0.25) is 10.1 Å². The molecule has 0 aliphatic heterocycles. The number of rotatable bonds is 7. The summed E-state index contributed by atoms with van der Waals surface area (Å²) in [5.41, 5.74) is -2.60. The van der Waals surface area contributed by atoms with Gasteiger partial charge < -0.3 is 19.5 Å². The molecule has 0 fully saturated rings. The maximum absolute atomic E-state index is 12.8. The highest BCUT2D eigenvalue weighted by atomic mass is 35.5. The van der Waals surface area contributed by atoms with Crippen molar-refractivity contribution in [1.82, 2.24) is 4.90 Å². The summed E-state index contributed by atoms with van der Waals surface area (Å²) in [6.45, 7) is -0.304. The quantitative estimate of drug-likeness (QED) is 0.441. The van der Waals surface area contributed by atoms with Crippen LogP contribution in [0.2, 0.25) is 5.02 Å². The van der Waals surface area contributed by atoms with Crippen LogP contribution in [0.5, 0.6) is 11.5 Å². The number of aromatic carboxylic acids is 1. The molecule has 32 heavy (non-hydrogen) atoms. The van der Waals surface area contributed by atoms with Crippen LogP contribution in [-0.2, 0) is 17.3 Å². The van der Waals surface area contributed by atoms with Gasteiger partial charge in [-0.2, -0.15) is 13.2 Å². The number of ether oxygens (including phenoxy) is 2. The number of nitro groups is 1. The van der Waals surface area contributed by atoms with Gasteiger partial charge >= 0.3 is 18.2 Å². The zero-order valence-corrected chi connectivity index (χ0v) is 17.4. The van der Waals surface area contributed by atoms with E-state index in [1.54, 1.807) is 0 Å². The summed E-state index contributed by atoms with van der Waals surface area (Å²) in [6, 6.07) is 4.26. The maximum atomic E-state index is 12.8. The van der Waals surface area contributed by atoms with E-state index >= 15 is 0 Å². The van der Waals surface area contributed by atoms with Gasteiger partial charge in [0.2, 0.25) is 0 Å². The largest absolute Gasteiger partial charge is 0.477 e. The minimum absolute atomic E-state index is 0.125. The number of nitro benzene ring substituents is 1. The molecule has 2 aromatic rings. The van der Waals surface area contributed by atoms with Crippen molar-refractivity contribution >= 4 is 29.4 Å². The number of hydrogen-bond acceptors (Lipinski definition) is 6. The van der Waals surface area contributed by atoms with Crippen LogP contribution in [0.25, 0.3) is 0 Å². The van der Waals surface area contributed by atoms with E-state index in [9.17, 15) is 38.0 Å². The second-order valence-corrected chi connectivity index (χ2v) is 6.95. The molecule has 0 radical (unpaired) electrons. The summed E-state index contributed by atoms with van der Waals surface area (Å²) in [4.78, 5) is 34.8. The average Bonchev–Trinajstić information content (AvgIpc) is 2.67. The Hall–Kier alpha value is -3.54. The molecular formula is C19H16ClF3N2O7. The van der Waals surface area contributed by atoms with E-state index in [0.717, 1.165) is 23.1 Å². The molecule has 0 atom stereocenters. The molecule has 0 aliphatic rings.